The van der Waals surface area contributed by atoms with Crippen molar-refractivity contribution >= 4 is 11.3 Å². The van der Waals surface area contributed by atoms with Gasteiger partial charge in [0.25, 0.3) is 0 Å². The summed E-state index contributed by atoms with van der Waals surface area (Å²) in [5, 5.41) is 3.51. The van der Waals surface area contributed by atoms with Crippen molar-refractivity contribution in [1.82, 2.24) is 5.32 Å². The van der Waals surface area contributed by atoms with Crippen LogP contribution >= 0.6 is 11.3 Å². The third-order valence-electron chi connectivity index (χ3n) is 2.63. The number of thiophene rings is 1. The monoisotopic (exact) mass is 255 g/mol. The van der Waals surface area contributed by atoms with Gasteiger partial charge in [0.1, 0.15) is 0 Å². The van der Waals surface area contributed by atoms with Gasteiger partial charge in [0.2, 0.25) is 0 Å². The van der Waals surface area contributed by atoms with E-state index in [9.17, 15) is 0 Å². The topological polar surface area (TPSA) is 21.3 Å². The van der Waals surface area contributed by atoms with Gasteiger partial charge in [-0.3, -0.25) is 0 Å². The van der Waals surface area contributed by atoms with E-state index in [1.54, 1.807) is 0 Å². The van der Waals surface area contributed by atoms with Crippen LogP contribution in [0.1, 0.15) is 49.1 Å². The second-order valence-corrected chi connectivity index (χ2v) is 6.97. The van der Waals surface area contributed by atoms with Crippen molar-refractivity contribution in [2.24, 2.45) is 0 Å². The molecule has 1 rings (SSSR count). The van der Waals surface area contributed by atoms with Crippen LogP contribution in [0.2, 0.25) is 0 Å². The molecule has 0 aliphatic carbocycles. The van der Waals surface area contributed by atoms with E-state index in [1.807, 2.05) is 11.3 Å². The van der Waals surface area contributed by atoms with Crippen molar-refractivity contribution in [2.45, 2.75) is 53.2 Å². The highest BCUT2D eigenvalue weighted by Gasteiger charge is 2.12. The van der Waals surface area contributed by atoms with Crippen LogP contribution in [0.5, 0.6) is 0 Å². The van der Waals surface area contributed by atoms with Gasteiger partial charge >= 0.3 is 0 Å². The molecule has 0 saturated heterocycles. The number of hydrogen-bond donors (Lipinski definition) is 1. The highest BCUT2D eigenvalue weighted by atomic mass is 32.1. The molecule has 1 heterocycles. The molecule has 1 atom stereocenters. The van der Waals surface area contributed by atoms with E-state index < -0.39 is 0 Å². The van der Waals surface area contributed by atoms with Gasteiger partial charge in [-0.05, 0) is 53.2 Å². The fraction of sp³-hybridized carbons (Fsp3) is 0.714. The zero-order valence-electron chi connectivity index (χ0n) is 11.9. The molecule has 0 amide bonds. The molecular weight excluding hydrogens is 230 g/mol. The van der Waals surface area contributed by atoms with Gasteiger partial charge in [-0.15, -0.1) is 11.3 Å². The van der Waals surface area contributed by atoms with E-state index >= 15 is 0 Å². The summed E-state index contributed by atoms with van der Waals surface area (Å²) in [5.74, 6) is 0. The summed E-state index contributed by atoms with van der Waals surface area (Å²) in [5.41, 5.74) is 1.38. The van der Waals surface area contributed by atoms with Gasteiger partial charge in [-0.2, -0.15) is 0 Å². The highest BCUT2D eigenvalue weighted by molar-refractivity contribution is 7.12. The van der Waals surface area contributed by atoms with Crippen LogP contribution < -0.4 is 5.32 Å². The zero-order valence-corrected chi connectivity index (χ0v) is 12.7. The van der Waals surface area contributed by atoms with Gasteiger partial charge < -0.3 is 10.1 Å². The average molecular weight is 255 g/mol. The summed E-state index contributed by atoms with van der Waals surface area (Å²) in [7, 11) is 0. The molecule has 0 aliphatic heterocycles. The molecular formula is C14H25NOS. The number of ether oxygens (including phenoxy) is 1. The van der Waals surface area contributed by atoms with Crippen LogP contribution in [0, 0.1) is 13.8 Å². The molecule has 1 aromatic heterocycles. The largest absolute Gasteiger partial charge is 0.375 e. The van der Waals surface area contributed by atoms with Gasteiger partial charge in [0, 0.05) is 22.3 Å². The molecule has 0 spiro atoms. The lowest BCUT2D eigenvalue weighted by Gasteiger charge is -2.21. The second-order valence-electron chi connectivity index (χ2n) is 5.51. The van der Waals surface area contributed by atoms with Crippen LogP contribution in [0.15, 0.2) is 6.07 Å². The third kappa shape index (κ3) is 5.19. The molecule has 1 N–H and O–H groups in total. The molecule has 0 radical (unpaired) electrons. The lowest BCUT2D eigenvalue weighted by molar-refractivity contribution is -0.00149. The van der Waals surface area contributed by atoms with Crippen LogP contribution in [-0.4, -0.2) is 18.8 Å². The number of rotatable bonds is 5. The average Bonchev–Trinajstić information content (AvgIpc) is 2.51. The Morgan fingerprint density at radius 2 is 2.00 bits per heavy atom. The molecule has 2 nitrogen and oxygen atoms in total. The Balaban J connectivity index is 2.35. The molecule has 17 heavy (non-hydrogen) atoms. The van der Waals surface area contributed by atoms with Gasteiger partial charge in [0.15, 0.2) is 0 Å². The maximum absolute atomic E-state index is 5.69. The summed E-state index contributed by atoms with van der Waals surface area (Å²) in [4.78, 5) is 2.80. The van der Waals surface area contributed by atoms with Crippen molar-refractivity contribution in [3.8, 4) is 0 Å². The summed E-state index contributed by atoms with van der Waals surface area (Å²) >= 11 is 1.87. The molecule has 3 heteroatoms. The van der Waals surface area contributed by atoms with Crippen molar-refractivity contribution < 1.29 is 4.74 Å². The van der Waals surface area contributed by atoms with Crippen LogP contribution in [0.3, 0.4) is 0 Å². The van der Waals surface area contributed by atoms with E-state index in [0.717, 1.165) is 13.2 Å². The Kier molecular flexibility index (Phi) is 5.17. The molecule has 0 aromatic carbocycles. The van der Waals surface area contributed by atoms with Crippen LogP contribution in [0.25, 0.3) is 0 Å². The molecule has 0 saturated carbocycles. The lowest BCUT2D eigenvalue weighted by atomic mass is 10.1. The quantitative estimate of drug-likeness (QED) is 0.807. The van der Waals surface area contributed by atoms with Gasteiger partial charge in [-0.25, -0.2) is 0 Å². The van der Waals surface area contributed by atoms with Crippen molar-refractivity contribution in [2.75, 3.05) is 13.2 Å². The van der Waals surface area contributed by atoms with Gasteiger partial charge in [-0.1, -0.05) is 0 Å². The predicted octanol–water partition coefficient (Wildman–Crippen LogP) is 3.83. The number of nitrogens with one attached hydrogen (secondary N) is 1. The predicted molar refractivity (Wildman–Crippen MR) is 75.9 cm³/mol. The standard InChI is InChI=1S/C14H25NOS/c1-10-9-13(12(3)17-10)11(2)15-7-8-16-14(4,5)6/h9,11,15H,7-8H2,1-6H3. The minimum absolute atomic E-state index is 0.0419. The maximum atomic E-state index is 5.69. The summed E-state index contributed by atoms with van der Waals surface area (Å²) in [6.45, 7) is 14.5. The fourth-order valence-corrected chi connectivity index (χ4v) is 2.85. The van der Waals surface area contributed by atoms with E-state index in [2.05, 4.69) is 52.9 Å². The first-order valence-corrected chi connectivity index (χ1v) is 7.05. The van der Waals surface area contributed by atoms with Crippen molar-refractivity contribution in [3.63, 3.8) is 0 Å². The first kappa shape index (κ1) is 14.7. The van der Waals surface area contributed by atoms with E-state index in [-0.39, 0.29) is 5.60 Å². The summed E-state index contributed by atoms with van der Waals surface area (Å²) in [6, 6.07) is 2.69. The van der Waals surface area contributed by atoms with E-state index in [0.29, 0.717) is 6.04 Å². The Morgan fingerprint density at radius 3 is 2.47 bits per heavy atom. The number of aryl methyl sites for hydroxylation is 2. The van der Waals surface area contributed by atoms with E-state index in [1.165, 1.54) is 15.3 Å². The zero-order chi connectivity index (χ0) is 13.1. The Bertz CT molecular complexity index is 352. The fourth-order valence-electron chi connectivity index (χ4n) is 1.82. The molecule has 1 unspecified atom stereocenters. The minimum atomic E-state index is -0.0419. The summed E-state index contributed by atoms with van der Waals surface area (Å²) in [6.07, 6.45) is 0. The SMILES string of the molecule is Cc1cc(C(C)NCCOC(C)(C)C)c(C)s1. The van der Waals surface area contributed by atoms with Crippen LogP contribution in [-0.2, 0) is 4.74 Å². The molecule has 0 aliphatic rings. The molecule has 0 bridgehead atoms. The first-order chi connectivity index (χ1) is 7.79. The van der Waals surface area contributed by atoms with Crippen LogP contribution in [0.4, 0.5) is 0 Å². The van der Waals surface area contributed by atoms with Crippen molar-refractivity contribution in [1.29, 1.82) is 0 Å². The van der Waals surface area contributed by atoms with Gasteiger partial charge in [0.05, 0.1) is 12.2 Å². The first-order valence-electron chi connectivity index (χ1n) is 6.24. The molecule has 0 fully saturated rings. The smallest absolute Gasteiger partial charge is 0.0599 e. The maximum Gasteiger partial charge on any atom is 0.0599 e. The Hall–Kier alpha value is -0.380. The van der Waals surface area contributed by atoms with Crippen molar-refractivity contribution in [3.05, 3.63) is 21.4 Å². The normalized spacial score (nSPS) is 14.0. The molecule has 98 valence electrons. The number of hydrogen-bond acceptors (Lipinski definition) is 3. The van der Waals surface area contributed by atoms with E-state index in [4.69, 9.17) is 4.74 Å². The summed E-state index contributed by atoms with van der Waals surface area (Å²) < 4.78 is 5.69. The second kappa shape index (κ2) is 5.98. The molecule has 1 aromatic rings. The Morgan fingerprint density at radius 1 is 1.35 bits per heavy atom. The minimum Gasteiger partial charge on any atom is -0.375 e. The highest BCUT2D eigenvalue weighted by Crippen LogP contribution is 2.25. The Labute approximate surface area is 109 Å². The third-order valence-corrected chi connectivity index (χ3v) is 3.62. The lowest BCUT2D eigenvalue weighted by Crippen LogP contribution is -2.28.